The van der Waals surface area contributed by atoms with Gasteiger partial charge in [-0.25, -0.2) is 0 Å². The van der Waals surface area contributed by atoms with Gasteiger partial charge in [0.15, 0.2) is 6.10 Å². The summed E-state index contributed by atoms with van der Waals surface area (Å²) in [7, 11) is 0. The fraction of sp³-hybridized carbons (Fsp3) is 0.500. The minimum absolute atomic E-state index is 0.0265. The zero-order valence-electron chi connectivity index (χ0n) is 12.4. The Morgan fingerprint density at radius 2 is 2.10 bits per heavy atom. The fourth-order valence-corrected chi connectivity index (χ4v) is 2.53. The summed E-state index contributed by atoms with van der Waals surface area (Å²) in [6, 6.07) is 7.68. The molecule has 1 N–H and O–H groups in total. The Bertz CT molecular complexity index is 502. The number of aliphatic carboxylic acids is 1. The van der Waals surface area contributed by atoms with E-state index in [0.29, 0.717) is 19.4 Å². The van der Waals surface area contributed by atoms with Crippen LogP contribution < -0.4 is 4.74 Å². The van der Waals surface area contributed by atoms with Crippen LogP contribution in [0.25, 0.3) is 0 Å². The molecule has 1 unspecified atom stereocenters. The monoisotopic (exact) mass is 291 g/mol. The number of fused-ring (bicyclic) bond motifs is 1. The molecule has 0 spiro atoms. The molecule has 0 saturated heterocycles. The summed E-state index contributed by atoms with van der Waals surface area (Å²) in [6.07, 6.45) is 0.618. The molecule has 1 aliphatic heterocycles. The summed E-state index contributed by atoms with van der Waals surface area (Å²) in [5.74, 6) is -0.132. The van der Waals surface area contributed by atoms with Gasteiger partial charge in [-0.2, -0.15) is 0 Å². The number of hydrogen-bond donors (Lipinski definition) is 1. The molecule has 114 valence electrons. The lowest BCUT2D eigenvalue weighted by molar-refractivity contribution is -0.141. The van der Waals surface area contributed by atoms with Gasteiger partial charge in [-0.05, 0) is 31.9 Å². The lowest BCUT2D eigenvalue weighted by atomic mass is 10.1. The minimum atomic E-state index is -0.837. The average molecular weight is 291 g/mol. The topological polar surface area (TPSA) is 66.8 Å². The first-order valence-corrected chi connectivity index (χ1v) is 7.26. The van der Waals surface area contributed by atoms with Crippen molar-refractivity contribution in [1.82, 2.24) is 4.90 Å². The van der Waals surface area contributed by atoms with E-state index in [2.05, 4.69) is 0 Å². The Morgan fingerprint density at radius 3 is 2.71 bits per heavy atom. The maximum absolute atomic E-state index is 12.6. The van der Waals surface area contributed by atoms with Gasteiger partial charge in [-0.3, -0.25) is 9.59 Å². The molecule has 5 nitrogen and oxygen atoms in total. The van der Waals surface area contributed by atoms with E-state index in [0.717, 1.165) is 11.3 Å². The van der Waals surface area contributed by atoms with Crippen molar-refractivity contribution in [2.24, 2.45) is 0 Å². The highest BCUT2D eigenvalue weighted by atomic mass is 16.5. The van der Waals surface area contributed by atoms with E-state index in [1.165, 1.54) is 0 Å². The Hall–Kier alpha value is -2.04. The quantitative estimate of drug-likeness (QED) is 0.871. The molecule has 1 aromatic rings. The maximum atomic E-state index is 12.6. The molecule has 5 heteroatoms. The van der Waals surface area contributed by atoms with Gasteiger partial charge in [0.25, 0.3) is 5.91 Å². The van der Waals surface area contributed by atoms with E-state index in [4.69, 9.17) is 9.84 Å². The van der Waals surface area contributed by atoms with E-state index in [1.54, 1.807) is 4.90 Å². The Morgan fingerprint density at radius 1 is 1.38 bits per heavy atom. The van der Waals surface area contributed by atoms with E-state index in [-0.39, 0.29) is 18.4 Å². The van der Waals surface area contributed by atoms with Gasteiger partial charge in [0.2, 0.25) is 0 Å². The van der Waals surface area contributed by atoms with Crippen molar-refractivity contribution in [2.75, 3.05) is 6.54 Å². The summed E-state index contributed by atoms with van der Waals surface area (Å²) >= 11 is 0. The second-order valence-electron chi connectivity index (χ2n) is 5.54. The number of carboxylic acids is 1. The molecule has 0 aliphatic carbocycles. The third kappa shape index (κ3) is 3.74. The van der Waals surface area contributed by atoms with Crippen molar-refractivity contribution in [3.63, 3.8) is 0 Å². The van der Waals surface area contributed by atoms with Crippen LogP contribution in [0.4, 0.5) is 0 Å². The third-order valence-corrected chi connectivity index (χ3v) is 3.62. The predicted octanol–water partition coefficient (Wildman–Crippen LogP) is 2.09. The van der Waals surface area contributed by atoms with E-state index < -0.39 is 12.1 Å². The SMILES string of the molecule is CC(C)N(CCCC(=O)O)C(=O)C1Cc2ccccc2O1. The van der Waals surface area contributed by atoms with Crippen LogP contribution in [0.15, 0.2) is 24.3 Å². The van der Waals surface area contributed by atoms with Crippen LogP contribution in [0.3, 0.4) is 0 Å². The van der Waals surface area contributed by atoms with Crippen LogP contribution in [0.5, 0.6) is 5.75 Å². The Balaban J connectivity index is 1.98. The molecule has 0 radical (unpaired) electrons. The first-order valence-electron chi connectivity index (χ1n) is 7.26. The molecule has 1 aromatic carbocycles. The normalized spacial score (nSPS) is 16.4. The number of benzene rings is 1. The second kappa shape index (κ2) is 6.61. The number of hydrogen-bond acceptors (Lipinski definition) is 3. The first-order chi connectivity index (χ1) is 9.99. The highest BCUT2D eigenvalue weighted by Gasteiger charge is 2.33. The van der Waals surface area contributed by atoms with Gasteiger partial charge in [-0.15, -0.1) is 0 Å². The third-order valence-electron chi connectivity index (χ3n) is 3.62. The van der Waals surface area contributed by atoms with Crippen LogP contribution in [-0.2, 0) is 16.0 Å². The van der Waals surface area contributed by atoms with Crippen LogP contribution in [-0.4, -0.2) is 40.6 Å². The van der Waals surface area contributed by atoms with Crippen LogP contribution in [0.1, 0.15) is 32.3 Å². The van der Waals surface area contributed by atoms with Gasteiger partial charge in [0, 0.05) is 25.4 Å². The average Bonchev–Trinajstić information content (AvgIpc) is 2.86. The number of carbonyl (C=O) groups is 2. The fourth-order valence-electron chi connectivity index (χ4n) is 2.53. The number of para-hydroxylation sites is 1. The standard InChI is InChI=1S/C16H21NO4/c1-11(2)17(9-5-8-15(18)19)16(20)14-10-12-6-3-4-7-13(12)21-14/h3-4,6-7,11,14H,5,8-10H2,1-2H3,(H,18,19). The molecule has 0 bridgehead atoms. The smallest absolute Gasteiger partial charge is 0.303 e. The zero-order valence-corrected chi connectivity index (χ0v) is 12.4. The highest BCUT2D eigenvalue weighted by molar-refractivity contribution is 5.83. The number of ether oxygens (including phenoxy) is 1. The lowest BCUT2D eigenvalue weighted by Crippen LogP contribution is -2.45. The van der Waals surface area contributed by atoms with Crippen molar-refractivity contribution in [1.29, 1.82) is 0 Å². The largest absolute Gasteiger partial charge is 0.481 e. The van der Waals surface area contributed by atoms with Gasteiger partial charge in [0.1, 0.15) is 5.75 Å². The van der Waals surface area contributed by atoms with Crippen LogP contribution in [0, 0.1) is 0 Å². The van der Waals surface area contributed by atoms with Crippen molar-refractivity contribution >= 4 is 11.9 Å². The number of amides is 1. The van der Waals surface area contributed by atoms with Crippen molar-refractivity contribution in [3.05, 3.63) is 29.8 Å². The molecule has 0 aromatic heterocycles. The molecule has 0 fully saturated rings. The van der Waals surface area contributed by atoms with Crippen LogP contribution in [0.2, 0.25) is 0 Å². The van der Waals surface area contributed by atoms with E-state index in [9.17, 15) is 9.59 Å². The number of carboxylic acid groups (broad SMARTS) is 1. The van der Waals surface area contributed by atoms with Gasteiger partial charge in [0.05, 0.1) is 0 Å². The second-order valence-corrected chi connectivity index (χ2v) is 5.54. The Labute approximate surface area is 124 Å². The van der Waals surface area contributed by atoms with E-state index in [1.807, 2.05) is 38.1 Å². The van der Waals surface area contributed by atoms with Gasteiger partial charge in [-0.1, -0.05) is 18.2 Å². The molecule has 1 aliphatic rings. The summed E-state index contributed by atoms with van der Waals surface area (Å²) < 4.78 is 5.72. The molecule has 1 amide bonds. The van der Waals surface area contributed by atoms with Crippen molar-refractivity contribution in [3.8, 4) is 5.75 Å². The summed E-state index contributed by atoms with van der Waals surface area (Å²) in [4.78, 5) is 24.9. The summed E-state index contributed by atoms with van der Waals surface area (Å²) in [5.41, 5.74) is 1.05. The molecule has 1 atom stereocenters. The minimum Gasteiger partial charge on any atom is -0.481 e. The number of rotatable bonds is 6. The molecule has 2 rings (SSSR count). The zero-order chi connectivity index (χ0) is 15.4. The highest BCUT2D eigenvalue weighted by Crippen LogP contribution is 2.29. The number of nitrogens with zero attached hydrogens (tertiary/aromatic N) is 1. The molecular formula is C16H21NO4. The number of carbonyl (C=O) groups excluding carboxylic acids is 1. The molecular weight excluding hydrogens is 270 g/mol. The van der Waals surface area contributed by atoms with Crippen molar-refractivity contribution in [2.45, 2.75) is 45.3 Å². The van der Waals surface area contributed by atoms with Crippen LogP contribution >= 0.6 is 0 Å². The van der Waals surface area contributed by atoms with Gasteiger partial charge < -0.3 is 14.7 Å². The van der Waals surface area contributed by atoms with E-state index >= 15 is 0 Å². The molecule has 1 heterocycles. The van der Waals surface area contributed by atoms with Crippen molar-refractivity contribution < 1.29 is 19.4 Å². The van der Waals surface area contributed by atoms with Gasteiger partial charge >= 0.3 is 5.97 Å². The summed E-state index contributed by atoms with van der Waals surface area (Å²) in [6.45, 7) is 4.31. The predicted molar refractivity (Wildman–Crippen MR) is 78.3 cm³/mol. The maximum Gasteiger partial charge on any atom is 0.303 e. The summed E-state index contributed by atoms with van der Waals surface area (Å²) in [5, 5.41) is 8.71. The Kier molecular flexibility index (Phi) is 4.83. The lowest BCUT2D eigenvalue weighted by Gasteiger charge is -2.28. The first kappa shape index (κ1) is 15.4. The molecule has 21 heavy (non-hydrogen) atoms. The molecule has 0 saturated carbocycles.